The average molecular weight is 365 g/mol. The molecule has 0 aliphatic rings. The van der Waals surface area contributed by atoms with Crippen molar-refractivity contribution in [2.75, 3.05) is 5.32 Å². The van der Waals surface area contributed by atoms with Gasteiger partial charge in [0.25, 0.3) is 0 Å². The number of carbonyl (C=O) groups is 1. The maximum Gasteiger partial charge on any atom is 0.227 e. The van der Waals surface area contributed by atoms with Crippen LogP contribution in [0.5, 0.6) is 11.5 Å². The zero-order chi connectivity index (χ0) is 19.3. The van der Waals surface area contributed by atoms with E-state index < -0.39 is 0 Å². The van der Waals surface area contributed by atoms with Gasteiger partial charge in [0.15, 0.2) is 5.82 Å². The van der Waals surface area contributed by atoms with Gasteiger partial charge in [-0.2, -0.15) is 4.98 Å². The largest absolute Gasteiger partial charge is 0.457 e. The van der Waals surface area contributed by atoms with Crippen LogP contribution in [0, 0.1) is 0 Å². The van der Waals surface area contributed by atoms with Crippen molar-refractivity contribution in [3.63, 3.8) is 0 Å². The fourth-order valence-electron chi connectivity index (χ4n) is 2.34. The predicted molar refractivity (Wildman–Crippen MR) is 103 cm³/mol. The molecule has 1 aromatic heterocycles. The number of nitrogens with zero attached hydrogens (tertiary/aromatic N) is 2. The monoisotopic (exact) mass is 365 g/mol. The van der Waals surface area contributed by atoms with Crippen molar-refractivity contribution in [2.24, 2.45) is 0 Å². The molecule has 6 nitrogen and oxygen atoms in total. The Balaban J connectivity index is 1.50. The first-order valence-corrected chi connectivity index (χ1v) is 8.86. The number of hydrogen-bond donors (Lipinski definition) is 1. The molecule has 140 valence electrons. The van der Waals surface area contributed by atoms with Crippen LogP contribution < -0.4 is 10.1 Å². The number of hydrogen-bond acceptors (Lipinski definition) is 5. The van der Waals surface area contributed by atoms with Crippen LogP contribution in [-0.4, -0.2) is 16.0 Å². The molecule has 1 amide bonds. The first-order chi connectivity index (χ1) is 12.9. The zero-order valence-electron chi connectivity index (χ0n) is 15.7. The lowest BCUT2D eigenvalue weighted by Gasteiger charge is -2.10. The molecule has 0 saturated carbocycles. The summed E-state index contributed by atoms with van der Waals surface area (Å²) in [6, 6.07) is 16.8. The molecule has 3 rings (SSSR count). The Hall–Kier alpha value is -3.15. The van der Waals surface area contributed by atoms with Gasteiger partial charge in [-0.05, 0) is 36.4 Å². The van der Waals surface area contributed by atoms with E-state index in [1.165, 1.54) is 0 Å². The third kappa shape index (κ3) is 5.41. The van der Waals surface area contributed by atoms with Crippen LogP contribution in [0.2, 0.25) is 0 Å². The molecule has 1 N–H and O–H groups in total. The molecular formula is C21H23N3O3. The number of ether oxygens (including phenoxy) is 1. The van der Waals surface area contributed by atoms with Crippen LogP contribution in [0.25, 0.3) is 0 Å². The van der Waals surface area contributed by atoms with Crippen molar-refractivity contribution in [3.8, 4) is 11.5 Å². The Morgan fingerprint density at radius 1 is 1.04 bits per heavy atom. The van der Waals surface area contributed by atoms with E-state index in [9.17, 15) is 4.79 Å². The lowest BCUT2D eigenvalue weighted by atomic mass is 9.96. The van der Waals surface area contributed by atoms with Gasteiger partial charge in [-0.25, -0.2) is 0 Å². The maximum absolute atomic E-state index is 12.1. The van der Waals surface area contributed by atoms with Crippen molar-refractivity contribution in [1.29, 1.82) is 0 Å². The maximum atomic E-state index is 12.1. The molecule has 0 aliphatic carbocycles. The van der Waals surface area contributed by atoms with E-state index in [4.69, 9.17) is 9.26 Å². The van der Waals surface area contributed by atoms with Gasteiger partial charge in [-0.15, -0.1) is 0 Å². The molecular weight excluding hydrogens is 342 g/mol. The highest BCUT2D eigenvalue weighted by atomic mass is 16.5. The molecule has 2 aromatic carbocycles. The molecule has 1 heterocycles. The molecule has 0 saturated heterocycles. The molecule has 0 fully saturated rings. The highest BCUT2D eigenvalue weighted by Crippen LogP contribution is 2.23. The fourth-order valence-corrected chi connectivity index (χ4v) is 2.34. The minimum Gasteiger partial charge on any atom is -0.457 e. The zero-order valence-corrected chi connectivity index (χ0v) is 15.7. The lowest BCUT2D eigenvalue weighted by Crippen LogP contribution is -2.14. The van der Waals surface area contributed by atoms with E-state index in [2.05, 4.69) is 15.5 Å². The summed E-state index contributed by atoms with van der Waals surface area (Å²) in [5.74, 6) is 2.49. The minimum absolute atomic E-state index is 0.109. The van der Waals surface area contributed by atoms with Gasteiger partial charge in [0.05, 0.1) is 0 Å². The summed E-state index contributed by atoms with van der Waals surface area (Å²) < 4.78 is 10.9. The third-order valence-electron chi connectivity index (χ3n) is 3.82. The molecule has 3 aromatic rings. The number of anilines is 1. The van der Waals surface area contributed by atoms with Crippen molar-refractivity contribution < 1.29 is 14.1 Å². The number of benzene rings is 2. The summed E-state index contributed by atoms with van der Waals surface area (Å²) in [7, 11) is 0. The van der Waals surface area contributed by atoms with Gasteiger partial charge in [-0.1, -0.05) is 44.1 Å². The van der Waals surface area contributed by atoms with E-state index in [1.54, 1.807) is 12.1 Å². The summed E-state index contributed by atoms with van der Waals surface area (Å²) in [4.78, 5) is 16.5. The summed E-state index contributed by atoms with van der Waals surface area (Å²) in [6.07, 6.45) is 0.679. The van der Waals surface area contributed by atoms with Gasteiger partial charge in [0, 0.05) is 23.9 Å². The standard InChI is InChI=1S/C21H23N3O3/c1-21(2,3)20-23-19(27-24-20)14-13-18(25)22-15-9-11-17(12-10-15)26-16-7-5-4-6-8-16/h4-12H,13-14H2,1-3H3,(H,22,25). The van der Waals surface area contributed by atoms with E-state index in [0.29, 0.717) is 29.6 Å². The number of amides is 1. The molecule has 0 spiro atoms. The molecule has 0 unspecified atom stereocenters. The third-order valence-corrected chi connectivity index (χ3v) is 3.82. The molecule has 0 aliphatic heterocycles. The van der Waals surface area contributed by atoms with Crippen LogP contribution in [0.1, 0.15) is 38.9 Å². The molecule has 0 bridgehead atoms. The first-order valence-electron chi connectivity index (χ1n) is 8.86. The molecule has 6 heteroatoms. The average Bonchev–Trinajstić information content (AvgIpc) is 3.12. The highest BCUT2D eigenvalue weighted by Gasteiger charge is 2.21. The fraction of sp³-hybridized carbons (Fsp3) is 0.286. The first kappa shape index (κ1) is 18.6. The summed E-state index contributed by atoms with van der Waals surface area (Å²) in [6.45, 7) is 6.04. The SMILES string of the molecule is CC(C)(C)c1noc(CCC(=O)Nc2ccc(Oc3ccccc3)cc2)n1. The summed E-state index contributed by atoms with van der Waals surface area (Å²) in [5.41, 5.74) is 0.537. The number of rotatable bonds is 6. The van der Waals surface area contributed by atoms with E-state index in [0.717, 1.165) is 5.75 Å². The lowest BCUT2D eigenvalue weighted by molar-refractivity contribution is -0.116. The van der Waals surface area contributed by atoms with Gasteiger partial charge < -0.3 is 14.6 Å². The minimum atomic E-state index is -0.173. The number of aromatic nitrogens is 2. The van der Waals surface area contributed by atoms with Gasteiger partial charge >= 0.3 is 0 Å². The summed E-state index contributed by atoms with van der Waals surface area (Å²) in [5, 5.41) is 6.82. The smallest absolute Gasteiger partial charge is 0.227 e. The van der Waals surface area contributed by atoms with Gasteiger partial charge in [0.2, 0.25) is 11.8 Å². The second-order valence-corrected chi connectivity index (χ2v) is 7.25. The molecule has 27 heavy (non-hydrogen) atoms. The summed E-state index contributed by atoms with van der Waals surface area (Å²) >= 11 is 0. The highest BCUT2D eigenvalue weighted by molar-refractivity contribution is 5.90. The van der Waals surface area contributed by atoms with Crippen molar-refractivity contribution in [2.45, 2.75) is 39.0 Å². The second kappa shape index (κ2) is 8.03. The van der Waals surface area contributed by atoms with E-state index in [-0.39, 0.29) is 17.7 Å². The Labute approximate surface area is 158 Å². The number of nitrogens with one attached hydrogen (secondary N) is 1. The Bertz CT molecular complexity index is 881. The van der Waals surface area contributed by atoms with Crippen LogP contribution in [0.4, 0.5) is 5.69 Å². The Kier molecular flexibility index (Phi) is 5.54. The van der Waals surface area contributed by atoms with E-state index >= 15 is 0 Å². The van der Waals surface area contributed by atoms with E-state index in [1.807, 2.05) is 63.2 Å². The molecule has 0 atom stereocenters. The van der Waals surface area contributed by atoms with Crippen molar-refractivity contribution >= 4 is 11.6 Å². The second-order valence-electron chi connectivity index (χ2n) is 7.25. The normalized spacial score (nSPS) is 11.2. The Morgan fingerprint density at radius 3 is 2.33 bits per heavy atom. The van der Waals surface area contributed by atoms with Gasteiger partial charge in [0.1, 0.15) is 11.5 Å². The van der Waals surface area contributed by atoms with Crippen molar-refractivity contribution in [1.82, 2.24) is 10.1 Å². The quantitative estimate of drug-likeness (QED) is 0.683. The predicted octanol–water partition coefficient (Wildman–Crippen LogP) is 4.73. The van der Waals surface area contributed by atoms with Crippen LogP contribution in [0.15, 0.2) is 59.1 Å². The molecule has 0 radical (unpaired) electrons. The van der Waals surface area contributed by atoms with Crippen LogP contribution in [-0.2, 0) is 16.6 Å². The van der Waals surface area contributed by atoms with Crippen LogP contribution in [0.3, 0.4) is 0 Å². The van der Waals surface area contributed by atoms with Gasteiger partial charge in [-0.3, -0.25) is 4.79 Å². The Morgan fingerprint density at radius 2 is 1.70 bits per heavy atom. The van der Waals surface area contributed by atoms with Crippen molar-refractivity contribution in [3.05, 3.63) is 66.3 Å². The number of aryl methyl sites for hydroxylation is 1. The topological polar surface area (TPSA) is 77.2 Å². The van der Waals surface area contributed by atoms with Crippen LogP contribution >= 0.6 is 0 Å². The number of para-hydroxylation sites is 1. The number of carbonyl (C=O) groups excluding carboxylic acids is 1.